The van der Waals surface area contributed by atoms with E-state index in [0.717, 1.165) is 27.9 Å². The van der Waals surface area contributed by atoms with Crippen molar-refractivity contribution < 1.29 is 22.7 Å². The van der Waals surface area contributed by atoms with Crippen LogP contribution in [0.1, 0.15) is 16.8 Å². The molecule has 1 atom stereocenters. The van der Waals surface area contributed by atoms with E-state index in [0.29, 0.717) is 50.0 Å². The Balaban J connectivity index is 1.27. The Morgan fingerprint density at radius 2 is 1.97 bits per heavy atom. The van der Waals surface area contributed by atoms with E-state index in [-0.39, 0.29) is 16.9 Å². The summed E-state index contributed by atoms with van der Waals surface area (Å²) < 4.78 is 39.0. The first-order valence-corrected chi connectivity index (χ1v) is 14.2. The molecule has 1 fully saturated rings. The number of morpholine rings is 1. The zero-order valence-corrected chi connectivity index (χ0v) is 22.5. The van der Waals surface area contributed by atoms with Gasteiger partial charge >= 0.3 is 0 Å². The lowest BCUT2D eigenvalue weighted by molar-refractivity contribution is -0.116. The van der Waals surface area contributed by atoms with Crippen LogP contribution in [-0.2, 0) is 32.5 Å². The van der Waals surface area contributed by atoms with Gasteiger partial charge in [0.05, 0.1) is 23.1 Å². The number of rotatable bonds is 7. The van der Waals surface area contributed by atoms with Crippen molar-refractivity contribution in [2.45, 2.75) is 30.9 Å². The molecule has 0 saturated carbocycles. The number of ether oxygens (including phenoxy) is 2. The molecule has 5 rings (SSSR count). The maximum atomic E-state index is 13.1. The Bertz CT molecular complexity index is 1470. The summed E-state index contributed by atoms with van der Waals surface area (Å²) in [5, 5.41) is 3.28. The minimum absolute atomic E-state index is 0.227. The third-order valence-corrected chi connectivity index (χ3v) is 8.66. The molecule has 2 aliphatic rings. The van der Waals surface area contributed by atoms with Crippen molar-refractivity contribution in [3.8, 4) is 16.9 Å². The number of hydrogen-bond acceptors (Lipinski definition) is 6. The minimum atomic E-state index is -3.62. The summed E-state index contributed by atoms with van der Waals surface area (Å²) in [6.45, 7) is 3.75. The van der Waals surface area contributed by atoms with Crippen LogP contribution in [0.4, 0.5) is 0 Å². The Morgan fingerprint density at radius 3 is 2.74 bits per heavy atom. The van der Waals surface area contributed by atoms with E-state index in [2.05, 4.69) is 10.3 Å². The predicted octanol–water partition coefficient (Wildman–Crippen LogP) is 3.91. The molecule has 0 aliphatic carbocycles. The molecule has 8 nitrogen and oxygen atoms in total. The Labute approximate surface area is 227 Å². The molecule has 0 spiro atoms. The quantitative estimate of drug-likeness (QED) is 0.446. The molecule has 198 valence electrons. The van der Waals surface area contributed by atoms with Gasteiger partial charge in [0, 0.05) is 49.6 Å². The topological polar surface area (TPSA) is 97.8 Å². The average Bonchev–Trinajstić information content (AvgIpc) is 3.36. The lowest BCUT2D eigenvalue weighted by atomic mass is 10.0. The predicted molar refractivity (Wildman–Crippen MR) is 145 cm³/mol. The Kier molecular flexibility index (Phi) is 7.80. The monoisotopic (exact) mass is 553 g/mol. The highest BCUT2D eigenvalue weighted by Crippen LogP contribution is 2.40. The number of nitrogens with zero attached hydrogens (tertiary/aromatic N) is 2. The molecule has 10 heteroatoms. The second-order valence-electron chi connectivity index (χ2n) is 9.24. The second kappa shape index (κ2) is 11.2. The molecule has 2 aromatic carbocycles. The highest BCUT2D eigenvalue weighted by atomic mass is 35.5. The van der Waals surface area contributed by atoms with Crippen LogP contribution < -0.4 is 10.1 Å². The largest absolute Gasteiger partial charge is 0.484 e. The normalized spacial score (nSPS) is 17.8. The summed E-state index contributed by atoms with van der Waals surface area (Å²) in [4.78, 5) is 16.7. The van der Waals surface area contributed by atoms with Crippen LogP contribution in [0.15, 0.2) is 71.8 Å². The zero-order valence-electron chi connectivity index (χ0n) is 20.9. The van der Waals surface area contributed by atoms with Crippen LogP contribution in [-0.4, -0.2) is 56.0 Å². The first-order chi connectivity index (χ1) is 18.3. The summed E-state index contributed by atoms with van der Waals surface area (Å²) >= 11 is 6.56. The van der Waals surface area contributed by atoms with Gasteiger partial charge in [-0.1, -0.05) is 29.8 Å². The van der Waals surface area contributed by atoms with E-state index in [9.17, 15) is 13.2 Å². The molecule has 1 unspecified atom stereocenters. The SMILES string of the molecule is Cc1ccc(CNC(=O)/C=C/C2Cc3cc(-c4cccc(S(=O)(=O)N5CCOCC5)c4)cc(Cl)c3O2)cn1. The summed E-state index contributed by atoms with van der Waals surface area (Å²) in [6.07, 6.45) is 5.13. The van der Waals surface area contributed by atoms with Crippen molar-refractivity contribution in [3.63, 3.8) is 0 Å². The molecule has 0 bridgehead atoms. The number of aromatic nitrogens is 1. The number of sulfonamides is 1. The Morgan fingerprint density at radius 1 is 1.16 bits per heavy atom. The molecular formula is C28H28ClN3O5S. The number of carbonyl (C=O) groups is 1. The lowest BCUT2D eigenvalue weighted by Crippen LogP contribution is -2.40. The van der Waals surface area contributed by atoms with Gasteiger partial charge in [0.15, 0.2) is 0 Å². The molecular weight excluding hydrogens is 526 g/mol. The van der Waals surface area contributed by atoms with Gasteiger partial charge < -0.3 is 14.8 Å². The van der Waals surface area contributed by atoms with Crippen LogP contribution in [0.2, 0.25) is 5.02 Å². The van der Waals surface area contributed by atoms with E-state index >= 15 is 0 Å². The standard InChI is InChI=1S/C28H28ClN3O5S/c1-19-5-6-20(17-30-19)18-31-27(33)8-7-24-14-23-13-22(16-26(29)28(23)37-24)21-3-2-4-25(15-21)38(34,35)32-9-11-36-12-10-32/h2-8,13,15-17,24H,9-12,14,18H2,1H3,(H,31,33)/b8-7+. The van der Waals surface area contributed by atoms with Crippen molar-refractivity contribution in [2.75, 3.05) is 26.3 Å². The van der Waals surface area contributed by atoms with Gasteiger partial charge in [0.25, 0.3) is 0 Å². The van der Waals surface area contributed by atoms with E-state index < -0.39 is 10.0 Å². The van der Waals surface area contributed by atoms with Crippen molar-refractivity contribution in [3.05, 3.63) is 88.7 Å². The smallest absolute Gasteiger partial charge is 0.244 e. The van der Waals surface area contributed by atoms with Gasteiger partial charge in [-0.25, -0.2) is 8.42 Å². The molecule has 3 heterocycles. The summed E-state index contributed by atoms with van der Waals surface area (Å²) in [6, 6.07) is 14.4. The van der Waals surface area contributed by atoms with Gasteiger partial charge in [0.1, 0.15) is 11.9 Å². The number of aryl methyl sites for hydroxylation is 1. The third-order valence-electron chi connectivity index (χ3n) is 6.49. The molecule has 38 heavy (non-hydrogen) atoms. The van der Waals surface area contributed by atoms with Crippen LogP contribution in [0.25, 0.3) is 11.1 Å². The average molecular weight is 554 g/mol. The number of amides is 1. The van der Waals surface area contributed by atoms with Gasteiger partial charge in [-0.3, -0.25) is 9.78 Å². The minimum Gasteiger partial charge on any atom is -0.484 e. The highest BCUT2D eigenvalue weighted by molar-refractivity contribution is 7.89. The number of nitrogens with one attached hydrogen (secondary N) is 1. The number of fused-ring (bicyclic) bond motifs is 1. The molecule has 1 saturated heterocycles. The number of halogens is 1. The number of pyridine rings is 1. The number of carbonyl (C=O) groups excluding carboxylic acids is 1. The van der Waals surface area contributed by atoms with Gasteiger partial charge in [-0.15, -0.1) is 0 Å². The van der Waals surface area contributed by atoms with Crippen molar-refractivity contribution in [2.24, 2.45) is 0 Å². The first kappa shape index (κ1) is 26.4. The summed E-state index contributed by atoms with van der Waals surface area (Å²) in [7, 11) is -3.62. The molecule has 1 aromatic heterocycles. The van der Waals surface area contributed by atoms with Crippen LogP contribution in [0.5, 0.6) is 5.75 Å². The molecule has 2 aliphatic heterocycles. The van der Waals surface area contributed by atoms with E-state index in [1.54, 1.807) is 36.5 Å². The lowest BCUT2D eigenvalue weighted by Gasteiger charge is -2.26. The van der Waals surface area contributed by atoms with Crippen LogP contribution in [0.3, 0.4) is 0 Å². The fourth-order valence-corrected chi connectivity index (χ4v) is 6.17. The fraction of sp³-hybridized carbons (Fsp3) is 0.286. The van der Waals surface area contributed by atoms with Crippen molar-refractivity contribution in [1.82, 2.24) is 14.6 Å². The summed E-state index contributed by atoms with van der Waals surface area (Å²) in [5.41, 5.74) is 4.28. The van der Waals surface area contributed by atoms with Crippen molar-refractivity contribution in [1.29, 1.82) is 0 Å². The van der Waals surface area contributed by atoms with Crippen molar-refractivity contribution >= 4 is 27.5 Å². The van der Waals surface area contributed by atoms with Gasteiger partial charge in [-0.2, -0.15) is 4.31 Å². The molecule has 1 N–H and O–H groups in total. The van der Waals surface area contributed by atoms with Crippen LogP contribution >= 0.6 is 11.6 Å². The van der Waals surface area contributed by atoms with Gasteiger partial charge in [0.2, 0.25) is 15.9 Å². The first-order valence-electron chi connectivity index (χ1n) is 12.3. The zero-order chi connectivity index (χ0) is 26.7. The second-order valence-corrected chi connectivity index (χ2v) is 11.6. The fourth-order valence-electron chi connectivity index (χ4n) is 4.44. The van der Waals surface area contributed by atoms with E-state index in [1.165, 1.54) is 10.4 Å². The molecule has 0 radical (unpaired) electrons. The number of benzene rings is 2. The van der Waals surface area contributed by atoms with Crippen LogP contribution in [0, 0.1) is 6.92 Å². The highest BCUT2D eigenvalue weighted by Gasteiger charge is 2.28. The molecule has 1 amide bonds. The maximum absolute atomic E-state index is 13.1. The molecule has 3 aromatic rings. The number of hydrogen-bond donors (Lipinski definition) is 1. The Hall–Kier alpha value is -3.24. The van der Waals surface area contributed by atoms with Gasteiger partial charge in [-0.05, 0) is 60.0 Å². The third kappa shape index (κ3) is 5.91. The summed E-state index contributed by atoms with van der Waals surface area (Å²) in [5.74, 6) is 0.350. The maximum Gasteiger partial charge on any atom is 0.244 e. The van der Waals surface area contributed by atoms with E-state index in [1.807, 2.05) is 31.2 Å². The van der Waals surface area contributed by atoms with E-state index in [4.69, 9.17) is 21.1 Å².